The molecule has 0 spiro atoms. The van der Waals surface area contributed by atoms with Gasteiger partial charge in [0.25, 0.3) is 0 Å². The number of hydrogen-bond acceptors (Lipinski definition) is 0. The van der Waals surface area contributed by atoms with Crippen molar-refractivity contribution in [2.75, 3.05) is 0 Å². The Bertz CT molecular complexity index is 89.6. The Hall–Kier alpha value is -0.0400. The van der Waals surface area contributed by atoms with Gasteiger partial charge in [0.05, 0.1) is 0 Å². The summed E-state index contributed by atoms with van der Waals surface area (Å²) in [6.07, 6.45) is 18.9. The van der Waals surface area contributed by atoms with E-state index < -0.39 is 0 Å². The van der Waals surface area contributed by atoms with Crippen LogP contribution in [0.4, 0.5) is 0 Å². The van der Waals surface area contributed by atoms with Crippen LogP contribution in [0.1, 0.15) is 97.3 Å². The molecule has 0 saturated heterocycles. The summed E-state index contributed by atoms with van der Waals surface area (Å²) in [6, 6.07) is 0. The lowest BCUT2D eigenvalue weighted by Crippen LogP contribution is -1.82. The third-order valence-corrected chi connectivity index (χ3v) is 3.21. The molecule has 0 bridgehead atoms. The standard InChI is InChI=1S/C15H32.H2O/c1-3-5-7-9-11-13-15-14-12-10-8-6-4-2;/h3-15H2,1-2H3;1H2. The minimum Gasteiger partial charge on any atom is -0.412 e. The van der Waals surface area contributed by atoms with Crippen LogP contribution in [0.5, 0.6) is 0 Å². The lowest BCUT2D eigenvalue weighted by molar-refractivity contribution is 0.542. The quantitative estimate of drug-likeness (QED) is 0.409. The minimum atomic E-state index is 0. The van der Waals surface area contributed by atoms with Crippen LogP contribution in [0.15, 0.2) is 0 Å². The summed E-state index contributed by atoms with van der Waals surface area (Å²) in [5, 5.41) is 0. The normalized spacial score (nSPS) is 10.1. The first kappa shape index (κ1) is 18.3. The molecule has 0 amide bonds. The minimum absolute atomic E-state index is 0. The fraction of sp³-hybridized carbons (Fsp3) is 1.00. The van der Waals surface area contributed by atoms with E-state index in [0.717, 1.165) is 0 Å². The smallest absolute Gasteiger partial charge is 0.0533 e. The van der Waals surface area contributed by atoms with Gasteiger partial charge in [0.1, 0.15) is 0 Å². The number of rotatable bonds is 12. The van der Waals surface area contributed by atoms with E-state index in [1.165, 1.54) is 83.5 Å². The summed E-state index contributed by atoms with van der Waals surface area (Å²) in [5.41, 5.74) is 0. The third kappa shape index (κ3) is 16.4. The molecule has 1 heteroatoms. The highest BCUT2D eigenvalue weighted by Gasteiger charge is 1.92. The molecule has 0 atom stereocenters. The maximum atomic E-state index is 2.29. The average molecular weight is 230 g/mol. The zero-order valence-electron chi connectivity index (χ0n) is 11.7. The molecule has 0 unspecified atom stereocenters. The summed E-state index contributed by atoms with van der Waals surface area (Å²) in [6.45, 7) is 4.58. The van der Waals surface area contributed by atoms with E-state index in [0.29, 0.717) is 0 Å². The highest BCUT2D eigenvalue weighted by Crippen LogP contribution is 2.12. The van der Waals surface area contributed by atoms with E-state index in [9.17, 15) is 0 Å². The average Bonchev–Trinajstić information content (AvgIpc) is 2.26. The molecule has 0 saturated carbocycles. The highest BCUT2D eigenvalue weighted by molar-refractivity contribution is 4.47. The summed E-state index contributed by atoms with van der Waals surface area (Å²) >= 11 is 0. The summed E-state index contributed by atoms with van der Waals surface area (Å²) in [5.74, 6) is 0. The van der Waals surface area contributed by atoms with Crippen molar-refractivity contribution in [2.24, 2.45) is 0 Å². The Morgan fingerprint density at radius 3 is 0.750 bits per heavy atom. The van der Waals surface area contributed by atoms with Crippen LogP contribution in [-0.2, 0) is 0 Å². The zero-order valence-corrected chi connectivity index (χ0v) is 11.7. The van der Waals surface area contributed by atoms with Crippen molar-refractivity contribution in [1.82, 2.24) is 0 Å². The predicted octanol–water partition coefficient (Wildman–Crippen LogP) is 5.27. The van der Waals surface area contributed by atoms with Crippen molar-refractivity contribution in [3.8, 4) is 0 Å². The Morgan fingerprint density at radius 1 is 0.375 bits per heavy atom. The first-order valence-corrected chi connectivity index (χ1v) is 7.41. The van der Waals surface area contributed by atoms with E-state index in [4.69, 9.17) is 0 Å². The topological polar surface area (TPSA) is 31.5 Å². The van der Waals surface area contributed by atoms with E-state index in [2.05, 4.69) is 13.8 Å². The molecule has 0 aliphatic rings. The monoisotopic (exact) mass is 230 g/mol. The first-order valence-electron chi connectivity index (χ1n) is 7.41. The van der Waals surface area contributed by atoms with E-state index in [-0.39, 0.29) is 5.48 Å². The van der Waals surface area contributed by atoms with Gasteiger partial charge in [-0.25, -0.2) is 0 Å². The largest absolute Gasteiger partial charge is 0.412 e. The summed E-state index contributed by atoms with van der Waals surface area (Å²) < 4.78 is 0. The van der Waals surface area contributed by atoms with Crippen molar-refractivity contribution < 1.29 is 5.48 Å². The Balaban J connectivity index is 0. The van der Waals surface area contributed by atoms with Crippen molar-refractivity contribution in [1.29, 1.82) is 0 Å². The second-order valence-corrected chi connectivity index (χ2v) is 4.89. The molecular weight excluding hydrogens is 196 g/mol. The molecular formula is C15H34O. The van der Waals surface area contributed by atoms with Crippen LogP contribution in [0.3, 0.4) is 0 Å². The molecule has 0 rings (SSSR count). The van der Waals surface area contributed by atoms with Gasteiger partial charge in [-0.1, -0.05) is 97.3 Å². The van der Waals surface area contributed by atoms with Gasteiger partial charge in [-0.3, -0.25) is 0 Å². The molecule has 100 valence electrons. The van der Waals surface area contributed by atoms with Crippen molar-refractivity contribution in [3.05, 3.63) is 0 Å². The van der Waals surface area contributed by atoms with E-state index in [1.807, 2.05) is 0 Å². The molecule has 0 heterocycles. The molecule has 0 aliphatic carbocycles. The molecule has 0 aromatic rings. The first-order chi connectivity index (χ1) is 7.41. The van der Waals surface area contributed by atoms with Gasteiger partial charge in [0, 0.05) is 0 Å². The van der Waals surface area contributed by atoms with Crippen molar-refractivity contribution in [2.45, 2.75) is 97.3 Å². The van der Waals surface area contributed by atoms with Gasteiger partial charge in [0.2, 0.25) is 0 Å². The zero-order chi connectivity index (χ0) is 11.2. The second kappa shape index (κ2) is 17.4. The molecule has 1 nitrogen and oxygen atoms in total. The van der Waals surface area contributed by atoms with Gasteiger partial charge in [-0.2, -0.15) is 0 Å². The molecule has 0 radical (unpaired) electrons. The highest BCUT2D eigenvalue weighted by atomic mass is 16.0. The molecule has 0 aromatic heterocycles. The fourth-order valence-electron chi connectivity index (χ4n) is 2.09. The molecule has 0 aromatic carbocycles. The third-order valence-electron chi connectivity index (χ3n) is 3.21. The van der Waals surface area contributed by atoms with Gasteiger partial charge < -0.3 is 5.48 Å². The van der Waals surface area contributed by atoms with Crippen LogP contribution in [-0.4, -0.2) is 5.48 Å². The summed E-state index contributed by atoms with van der Waals surface area (Å²) in [7, 11) is 0. The van der Waals surface area contributed by atoms with Gasteiger partial charge in [0.15, 0.2) is 0 Å². The van der Waals surface area contributed by atoms with Crippen LogP contribution in [0, 0.1) is 0 Å². The number of unbranched alkanes of at least 4 members (excludes halogenated alkanes) is 12. The SMILES string of the molecule is CCCCCCCCCCCCCCC.O. The van der Waals surface area contributed by atoms with Crippen LogP contribution < -0.4 is 0 Å². The van der Waals surface area contributed by atoms with Crippen molar-refractivity contribution >= 4 is 0 Å². The fourth-order valence-corrected chi connectivity index (χ4v) is 2.09. The summed E-state index contributed by atoms with van der Waals surface area (Å²) in [4.78, 5) is 0. The van der Waals surface area contributed by atoms with Gasteiger partial charge >= 0.3 is 0 Å². The Morgan fingerprint density at radius 2 is 0.562 bits per heavy atom. The Labute approximate surface area is 103 Å². The maximum absolute atomic E-state index is 2.29. The molecule has 2 N–H and O–H groups in total. The van der Waals surface area contributed by atoms with Crippen LogP contribution >= 0.6 is 0 Å². The maximum Gasteiger partial charge on any atom is -0.0533 e. The van der Waals surface area contributed by atoms with Crippen molar-refractivity contribution in [3.63, 3.8) is 0 Å². The molecule has 0 aliphatic heterocycles. The second-order valence-electron chi connectivity index (χ2n) is 4.89. The van der Waals surface area contributed by atoms with Crippen LogP contribution in [0.25, 0.3) is 0 Å². The van der Waals surface area contributed by atoms with Gasteiger partial charge in [-0.15, -0.1) is 0 Å². The molecule has 0 fully saturated rings. The lowest BCUT2D eigenvalue weighted by atomic mass is 10.1. The predicted molar refractivity (Wildman–Crippen MR) is 75.0 cm³/mol. The van der Waals surface area contributed by atoms with E-state index >= 15 is 0 Å². The molecule has 16 heavy (non-hydrogen) atoms. The number of hydrogen-bond donors (Lipinski definition) is 0. The van der Waals surface area contributed by atoms with Gasteiger partial charge in [-0.05, 0) is 0 Å². The Kier molecular flexibility index (Phi) is 19.9. The van der Waals surface area contributed by atoms with Crippen LogP contribution in [0.2, 0.25) is 0 Å². The lowest BCUT2D eigenvalue weighted by Gasteiger charge is -2.01. The van der Waals surface area contributed by atoms with E-state index in [1.54, 1.807) is 0 Å².